The molecule has 0 spiro atoms. The minimum atomic E-state index is -0.0177. The number of likely N-dealkylation sites (N-methyl/N-ethyl adjacent to an activating group) is 1. The largest absolute Gasteiger partial charge is 0.358 e. The molecule has 2 N–H and O–H groups in total. The number of hydrogen-bond acceptors (Lipinski definition) is 3. The van der Waals surface area contributed by atoms with Crippen LogP contribution in [0.1, 0.15) is 5.69 Å². The van der Waals surface area contributed by atoms with Crippen molar-refractivity contribution in [3.8, 4) is 0 Å². The quantitative estimate of drug-likeness (QED) is 0.679. The van der Waals surface area contributed by atoms with E-state index in [0.29, 0.717) is 13.1 Å². The first kappa shape index (κ1) is 9.67. The number of aromatic nitrogens is 1. The average Bonchev–Trinajstić information content (AvgIpc) is 2.19. The topological polar surface area (TPSA) is 54.0 Å². The van der Waals surface area contributed by atoms with Crippen LogP contribution in [0.3, 0.4) is 0 Å². The molecular formula is C9H13N3O. The van der Waals surface area contributed by atoms with Crippen molar-refractivity contribution in [2.45, 2.75) is 6.54 Å². The molecule has 0 unspecified atom stereocenters. The molecule has 0 aliphatic heterocycles. The van der Waals surface area contributed by atoms with E-state index in [1.165, 1.54) is 0 Å². The monoisotopic (exact) mass is 179 g/mol. The van der Waals surface area contributed by atoms with Crippen LogP contribution in [0, 0.1) is 0 Å². The Labute approximate surface area is 77.4 Å². The van der Waals surface area contributed by atoms with Crippen LogP contribution in [-0.2, 0) is 11.3 Å². The van der Waals surface area contributed by atoms with Gasteiger partial charge in [-0.1, -0.05) is 6.07 Å². The molecule has 4 heteroatoms. The summed E-state index contributed by atoms with van der Waals surface area (Å²) in [5.74, 6) is -0.0177. The molecule has 0 fully saturated rings. The van der Waals surface area contributed by atoms with E-state index < -0.39 is 0 Å². The molecule has 0 radical (unpaired) electrons. The zero-order valence-corrected chi connectivity index (χ0v) is 7.58. The Bertz CT molecular complexity index is 261. The third-order valence-electron chi connectivity index (χ3n) is 1.60. The minimum absolute atomic E-state index is 0.0177. The first-order valence-corrected chi connectivity index (χ1v) is 4.14. The molecule has 13 heavy (non-hydrogen) atoms. The van der Waals surface area contributed by atoms with Gasteiger partial charge in [0.25, 0.3) is 0 Å². The maximum absolute atomic E-state index is 10.8. The summed E-state index contributed by atoms with van der Waals surface area (Å²) in [6, 6.07) is 5.70. The number of nitrogens with one attached hydrogen (secondary N) is 2. The van der Waals surface area contributed by atoms with Crippen molar-refractivity contribution in [3.63, 3.8) is 0 Å². The van der Waals surface area contributed by atoms with Crippen molar-refractivity contribution >= 4 is 5.91 Å². The number of carbonyl (C=O) groups excluding carboxylic acids is 1. The second-order valence-corrected chi connectivity index (χ2v) is 2.60. The molecule has 0 bridgehead atoms. The summed E-state index contributed by atoms with van der Waals surface area (Å²) in [5, 5.41) is 5.51. The van der Waals surface area contributed by atoms with Crippen LogP contribution in [0.25, 0.3) is 0 Å². The van der Waals surface area contributed by atoms with Gasteiger partial charge in [0, 0.05) is 19.8 Å². The fraction of sp³-hybridized carbons (Fsp3) is 0.333. The summed E-state index contributed by atoms with van der Waals surface area (Å²) in [6.45, 7) is 0.946. The van der Waals surface area contributed by atoms with Crippen LogP contribution in [0.4, 0.5) is 0 Å². The third-order valence-corrected chi connectivity index (χ3v) is 1.60. The van der Waals surface area contributed by atoms with E-state index in [1.807, 2.05) is 18.2 Å². The van der Waals surface area contributed by atoms with E-state index in [0.717, 1.165) is 5.69 Å². The van der Waals surface area contributed by atoms with Crippen molar-refractivity contribution in [3.05, 3.63) is 30.1 Å². The molecule has 1 aromatic rings. The lowest BCUT2D eigenvalue weighted by Gasteiger charge is -2.02. The lowest BCUT2D eigenvalue weighted by molar-refractivity contribution is -0.119. The highest BCUT2D eigenvalue weighted by Gasteiger charge is 1.96. The van der Waals surface area contributed by atoms with Crippen LogP contribution >= 0.6 is 0 Å². The van der Waals surface area contributed by atoms with Crippen molar-refractivity contribution in [2.75, 3.05) is 13.6 Å². The Morgan fingerprint density at radius 1 is 1.54 bits per heavy atom. The van der Waals surface area contributed by atoms with Gasteiger partial charge < -0.3 is 10.6 Å². The first-order valence-electron chi connectivity index (χ1n) is 4.14. The molecule has 0 saturated heterocycles. The van der Waals surface area contributed by atoms with Crippen LogP contribution < -0.4 is 10.6 Å². The van der Waals surface area contributed by atoms with Gasteiger partial charge in [-0.15, -0.1) is 0 Å². The summed E-state index contributed by atoms with van der Waals surface area (Å²) in [7, 11) is 1.62. The molecule has 70 valence electrons. The van der Waals surface area contributed by atoms with Gasteiger partial charge in [-0.25, -0.2) is 0 Å². The smallest absolute Gasteiger partial charge is 0.233 e. The van der Waals surface area contributed by atoms with Crippen LogP contribution in [0.2, 0.25) is 0 Å². The van der Waals surface area contributed by atoms with Gasteiger partial charge in [0.2, 0.25) is 5.91 Å². The number of nitrogens with zero attached hydrogens (tertiary/aromatic N) is 1. The van der Waals surface area contributed by atoms with Gasteiger partial charge in [-0.3, -0.25) is 9.78 Å². The molecule has 0 saturated carbocycles. The highest BCUT2D eigenvalue weighted by molar-refractivity contribution is 5.77. The SMILES string of the molecule is CNC(=O)CNCc1ccccn1. The standard InChI is InChI=1S/C9H13N3O/c1-10-9(13)7-11-6-8-4-2-3-5-12-8/h2-5,11H,6-7H2,1H3,(H,10,13). The average molecular weight is 179 g/mol. The van der Waals surface area contributed by atoms with Crippen molar-refractivity contribution in [1.82, 2.24) is 15.6 Å². The van der Waals surface area contributed by atoms with E-state index in [1.54, 1.807) is 13.2 Å². The highest BCUT2D eigenvalue weighted by Crippen LogP contribution is 1.90. The predicted molar refractivity (Wildman–Crippen MR) is 50.0 cm³/mol. The normalized spacial score (nSPS) is 9.62. The van der Waals surface area contributed by atoms with Gasteiger partial charge in [-0.2, -0.15) is 0 Å². The maximum Gasteiger partial charge on any atom is 0.233 e. The summed E-state index contributed by atoms with van der Waals surface area (Å²) in [6.07, 6.45) is 1.73. The van der Waals surface area contributed by atoms with Crippen LogP contribution in [0.5, 0.6) is 0 Å². The second kappa shape index (κ2) is 5.27. The summed E-state index contributed by atoms with van der Waals surface area (Å²) < 4.78 is 0. The number of rotatable bonds is 4. The Morgan fingerprint density at radius 3 is 3.00 bits per heavy atom. The fourth-order valence-corrected chi connectivity index (χ4v) is 0.895. The lowest BCUT2D eigenvalue weighted by atomic mass is 10.3. The first-order chi connectivity index (χ1) is 6.33. The van der Waals surface area contributed by atoms with E-state index in [2.05, 4.69) is 15.6 Å². The Balaban J connectivity index is 2.24. The molecule has 0 aromatic carbocycles. The Morgan fingerprint density at radius 2 is 2.38 bits per heavy atom. The summed E-state index contributed by atoms with van der Waals surface area (Å²) >= 11 is 0. The Kier molecular flexibility index (Phi) is 3.92. The molecule has 1 amide bonds. The summed E-state index contributed by atoms with van der Waals surface area (Å²) in [5.41, 5.74) is 0.936. The number of hydrogen-bond donors (Lipinski definition) is 2. The van der Waals surface area contributed by atoms with Gasteiger partial charge in [0.05, 0.1) is 12.2 Å². The summed E-state index contributed by atoms with van der Waals surface area (Å²) in [4.78, 5) is 14.9. The number of pyridine rings is 1. The third kappa shape index (κ3) is 3.66. The molecule has 0 aliphatic carbocycles. The van der Waals surface area contributed by atoms with Gasteiger partial charge >= 0.3 is 0 Å². The number of amides is 1. The van der Waals surface area contributed by atoms with E-state index in [-0.39, 0.29) is 5.91 Å². The molecule has 1 rings (SSSR count). The molecule has 0 aliphatic rings. The van der Waals surface area contributed by atoms with Gasteiger partial charge in [0.15, 0.2) is 0 Å². The van der Waals surface area contributed by atoms with E-state index in [4.69, 9.17) is 0 Å². The Hall–Kier alpha value is -1.42. The van der Waals surface area contributed by atoms with Crippen molar-refractivity contribution in [1.29, 1.82) is 0 Å². The molecule has 1 aromatic heterocycles. The zero-order valence-electron chi connectivity index (χ0n) is 7.58. The minimum Gasteiger partial charge on any atom is -0.358 e. The van der Waals surface area contributed by atoms with Crippen LogP contribution in [-0.4, -0.2) is 24.5 Å². The van der Waals surface area contributed by atoms with Crippen LogP contribution in [0.15, 0.2) is 24.4 Å². The van der Waals surface area contributed by atoms with E-state index >= 15 is 0 Å². The molecular weight excluding hydrogens is 166 g/mol. The predicted octanol–water partition coefficient (Wildman–Crippen LogP) is -0.0828. The van der Waals surface area contributed by atoms with E-state index in [9.17, 15) is 4.79 Å². The second-order valence-electron chi connectivity index (χ2n) is 2.60. The van der Waals surface area contributed by atoms with Gasteiger partial charge in [-0.05, 0) is 12.1 Å². The number of carbonyl (C=O) groups is 1. The van der Waals surface area contributed by atoms with Crippen molar-refractivity contribution < 1.29 is 4.79 Å². The molecule has 0 atom stereocenters. The zero-order chi connectivity index (χ0) is 9.52. The van der Waals surface area contributed by atoms with Gasteiger partial charge in [0.1, 0.15) is 0 Å². The maximum atomic E-state index is 10.8. The lowest BCUT2D eigenvalue weighted by Crippen LogP contribution is -2.31. The molecule has 4 nitrogen and oxygen atoms in total. The van der Waals surface area contributed by atoms with Crippen molar-refractivity contribution in [2.24, 2.45) is 0 Å². The highest BCUT2D eigenvalue weighted by atomic mass is 16.1. The fourth-order valence-electron chi connectivity index (χ4n) is 0.895. The molecule has 1 heterocycles.